The summed E-state index contributed by atoms with van der Waals surface area (Å²) in [5.41, 5.74) is -0.504. The van der Waals surface area contributed by atoms with Crippen LogP contribution in [0.3, 0.4) is 0 Å². The molecule has 4 heteroatoms. The average molecular weight is 298 g/mol. The Hall–Kier alpha value is -1.03. The minimum Gasteiger partial charge on any atom is -0.367 e. The molecule has 2 bridgehead atoms. The average Bonchev–Trinajstić information content (AvgIpc) is 2.46. The van der Waals surface area contributed by atoms with Crippen LogP contribution in [0.1, 0.15) is 43.7 Å². The first-order chi connectivity index (χ1) is 9.79. The van der Waals surface area contributed by atoms with Crippen molar-refractivity contribution in [2.24, 2.45) is 5.41 Å². The number of hydrogen-bond acceptors (Lipinski definition) is 1. The Bertz CT molecular complexity index is 515. The van der Waals surface area contributed by atoms with E-state index >= 15 is 0 Å². The predicted octanol–water partition coefficient (Wildman–Crippen LogP) is 4.82. The summed E-state index contributed by atoms with van der Waals surface area (Å²) in [6.07, 6.45) is -0.788. The molecule has 4 rings (SSSR count). The van der Waals surface area contributed by atoms with Crippen LogP contribution in [-0.2, 0) is 11.3 Å². The second-order valence-corrected chi connectivity index (χ2v) is 6.89. The minimum absolute atomic E-state index is 0.188. The highest BCUT2D eigenvalue weighted by molar-refractivity contribution is 5.21. The van der Waals surface area contributed by atoms with E-state index in [0.29, 0.717) is 25.7 Å². The van der Waals surface area contributed by atoms with Crippen molar-refractivity contribution in [3.63, 3.8) is 0 Å². The van der Waals surface area contributed by atoms with E-state index in [9.17, 15) is 13.2 Å². The number of alkyl halides is 3. The van der Waals surface area contributed by atoms with Gasteiger partial charge < -0.3 is 4.74 Å². The van der Waals surface area contributed by atoms with Crippen LogP contribution in [0.5, 0.6) is 0 Å². The molecule has 3 aliphatic carbocycles. The second-order valence-electron chi connectivity index (χ2n) is 6.89. The minimum atomic E-state index is -3.29. The highest BCUT2D eigenvalue weighted by Gasteiger charge is 2.70. The maximum absolute atomic E-state index is 14.4. The van der Waals surface area contributed by atoms with Gasteiger partial charge in [0.15, 0.2) is 6.17 Å². The number of hydrogen-bond donors (Lipinski definition) is 0. The van der Waals surface area contributed by atoms with Crippen LogP contribution in [0.15, 0.2) is 24.3 Å². The summed E-state index contributed by atoms with van der Waals surface area (Å²) in [5, 5.41) is 0. The third kappa shape index (κ3) is 2.19. The zero-order valence-corrected chi connectivity index (χ0v) is 12.5. The van der Waals surface area contributed by atoms with E-state index in [1.165, 1.54) is 6.92 Å². The lowest BCUT2D eigenvalue weighted by molar-refractivity contribution is -0.298. The largest absolute Gasteiger partial charge is 0.367 e. The predicted molar refractivity (Wildman–Crippen MR) is 75.1 cm³/mol. The summed E-state index contributed by atoms with van der Waals surface area (Å²) in [6.45, 7) is 3.67. The van der Waals surface area contributed by atoms with Crippen LogP contribution >= 0.6 is 0 Å². The lowest BCUT2D eigenvalue weighted by Gasteiger charge is -2.57. The summed E-state index contributed by atoms with van der Waals surface area (Å²) in [5.74, 6) is -3.29. The highest BCUT2D eigenvalue weighted by atomic mass is 19.3. The van der Waals surface area contributed by atoms with Gasteiger partial charge in [0.2, 0.25) is 0 Å². The fraction of sp³-hybridized carbons (Fsp3) is 0.647. The first kappa shape index (κ1) is 14.9. The van der Waals surface area contributed by atoms with Crippen molar-refractivity contribution in [1.82, 2.24) is 0 Å². The Labute approximate surface area is 123 Å². The third-order valence-electron chi connectivity index (χ3n) is 5.43. The van der Waals surface area contributed by atoms with Gasteiger partial charge in [-0.05, 0) is 38.2 Å². The number of halogens is 3. The Morgan fingerprint density at radius 1 is 1.10 bits per heavy atom. The zero-order chi connectivity index (χ0) is 15.3. The van der Waals surface area contributed by atoms with E-state index in [1.807, 2.05) is 31.2 Å². The van der Waals surface area contributed by atoms with Crippen molar-refractivity contribution in [3.05, 3.63) is 35.4 Å². The maximum atomic E-state index is 14.4. The van der Waals surface area contributed by atoms with E-state index in [-0.39, 0.29) is 6.61 Å². The molecular weight excluding hydrogens is 277 g/mol. The van der Waals surface area contributed by atoms with Crippen molar-refractivity contribution in [3.8, 4) is 0 Å². The Morgan fingerprint density at radius 2 is 1.67 bits per heavy atom. The van der Waals surface area contributed by atoms with Crippen LogP contribution in [0.4, 0.5) is 13.2 Å². The molecule has 116 valence electrons. The normalized spacial score (nSPS) is 37.7. The number of rotatable bonds is 3. The van der Waals surface area contributed by atoms with Gasteiger partial charge in [0.25, 0.3) is 5.92 Å². The lowest BCUT2D eigenvalue weighted by Crippen LogP contribution is -2.66. The van der Waals surface area contributed by atoms with E-state index in [0.717, 1.165) is 11.1 Å². The molecular formula is C17H21F3O. The molecule has 3 saturated carbocycles. The highest BCUT2D eigenvalue weighted by Crippen LogP contribution is 2.62. The molecule has 0 N–H and O–H groups in total. The summed E-state index contributed by atoms with van der Waals surface area (Å²) in [7, 11) is 0. The van der Waals surface area contributed by atoms with Gasteiger partial charge in [-0.15, -0.1) is 0 Å². The second kappa shape index (κ2) is 4.73. The van der Waals surface area contributed by atoms with Gasteiger partial charge in [-0.3, -0.25) is 0 Å². The summed E-state index contributed by atoms with van der Waals surface area (Å²) in [4.78, 5) is 0. The van der Waals surface area contributed by atoms with Crippen LogP contribution < -0.4 is 0 Å². The first-order valence-corrected chi connectivity index (χ1v) is 7.51. The standard InChI is InChI=1S/C17H21F3O/c1-12-3-5-13(6-4-12)11-21-16-9-7-15(2,8-10-16)17(19,20)14(16)18/h3-6,14H,7-11H2,1-2H3. The van der Waals surface area contributed by atoms with Crippen molar-refractivity contribution < 1.29 is 17.9 Å². The monoisotopic (exact) mass is 298 g/mol. The SMILES string of the molecule is Cc1ccc(COC23CCC(C)(CC2)C(F)(F)C3F)cc1. The van der Waals surface area contributed by atoms with Crippen LogP contribution in [-0.4, -0.2) is 17.7 Å². The van der Waals surface area contributed by atoms with Gasteiger partial charge >= 0.3 is 0 Å². The smallest absolute Gasteiger partial charge is 0.286 e. The van der Waals surface area contributed by atoms with Crippen molar-refractivity contribution in [2.45, 2.75) is 63.8 Å². The molecule has 0 spiro atoms. The molecule has 0 aliphatic heterocycles. The van der Waals surface area contributed by atoms with Crippen LogP contribution in [0.25, 0.3) is 0 Å². The number of aryl methyl sites for hydroxylation is 1. The summed E-state index contributed by atoms with van der Waals surface area (Å²) < 4.78 is 48.7. The molecule has 3 aliphatic rings. The Kier molecular flexibility index (Phi) is 3.36. The fourth-order valence-corrected chi connectivity index (χ4v) is 3.58. The van der Waals surface area contributed by atoms with Gasteiger partial charge in [-0.1, -0.05) is 36.8 Å². The fourth-order valence-electron chi connectivity index (χ4n) is 3.58. The molecule has 0 aromatic heterocycles. The topological polar surface area (TPSA) is 9.23 Å². The molecule has 1 aromatic carbocycles. The molecule has 3 fully saturated rings. The van der Waals surface area contributed by atoms with E-state index in [4.69, 9.17) is 4.74 Å². The molecule has 1 unspecified atom stereocenters. The van der Waals surface area contributed by atoms with Gasteiger partial charge in [-0.25, -0.2) is 13.2 Å². The van der Waals surface area contributed by atoms with E-state index in [2.05, 4.69) is 0 Å². The van der Waals surface area contributed by atoms with Crippen LogP contribution in [0.2, 0.25) is 0 Å². The van der Waals surface area contributed by atoms with Crippen molar-refractivity contribution in [1.29, 1.82) is 0 Å². The molecule has 0 saturated heterocycles. The van der Waals surface area contributed by atoms with Gasteiger partial charge in [0.1, 0.15) is 5.60 Å². The molecule has 0 heterocycles. The van der Waals surface area contributed by atoms with Gasteiger partial charge in [0.05, 0.1) is 6.61 Å². The van der Waals surface area contributed by atoms with Crippen molar-refractivity contribution >= 4 is 0 Å². The number of ether oxygens (including phenoxy) is 1. The quantitative estimate of drug-likeness (QED) is 0.777. The molecule has 0 amide bonds. The summed E-state index contributed by atoms with van der Waals surface area (Å²) >= 11 is 0. The molecule has 1 atom stereocenters. The van der Waals surface area contributed by atoms with Crippen molar-refractivity contribution in [2.75, 3.05) is 0 Å². The Balaban J connectivity index is 1.77. The first-order valence-electron chi connectivity index (χ1n) is 7.51. The van der Waals surface area contributed by atoms with E-state index in [1.54, 1.807) is 0 Å². The lowest BCUT2D eigenvalue weighted by atomic mass is 9.56. The molecule has 0 radical (unpaired) electrons. The molecule has 1 nitrogen and oxygen atoms in total. The number of fused-ring (bicyclic) bond motifs is 3. The third-order valence-corrected chi connectivity index (χ3v) is 5.43. The Morgan fingerprint density at radius 3 is 2.24 bits per heavy atom. The van der Waals surface area contributed by atoms with E-state index < -0.39 is 23.1 Å². The number of benzene rings is 1. The summed E-state index contributed by atoms with van der Waals surface area (Å²) in [6, 6.07) is 7.67. The van der Waals surface area contributed by atoms with Crippen LogP contribution in [0, 0.1) is 12.3 Å². The van der Waals surface area contributed by atoms with Gasteiger partial charge in [0, 0.05) is 5.41 Å². The zero-order valence-electron chi connectivity index (χ0n) is 12.5. The van der Waals surface area contributed by atoms with Gasteiger partial charge in [-0.2, -0.15) is 0 Å². The molecule has 1 aromatic rings. The maximum Gasteiger partial charge on any atom is 0.286 e. The molecule has 21 heavy (non-hydrogen) atoms.